The quantitative estimate of drug-likeness (QED) is 0.816. The third-order valence-corrected chi connectivity index (χ3v) is 3.28. The van der Waals surface area contributed by atoms with Crippen LogP contribution in [0.2, 0.25) is 0 Å². The van der Waals surface area contributed by atoms with Crippen LogP contribution in [0.3, 0.4) is 0 Å². The predicted molar refractivity (Wildman–Crippen MR) is 68.3 cm³/mol. The molecule has 0 spiro atoms. The van der Waals surface area contributed by atoms with Gasteiger partial charge in [-0.05, 0) is 43.6 Å². The molecule has 1 fully saturated rings. The fourth-order valence-electron chi connectivity index (χ4n) is 2.33. The maximum absolute atomic E-state index is 3.41. The highest BCUT2D eigenvalue weighted by Crippen LogP contribution is 2.15. The lowest BCUT2D eigenvalue weighted by atomic mass is 10.1. The van der Waals surface area contributed by atoms with Crippen molar-refractivity contribution in [3.63, 3.8) is 0 Å². The van der Waals surface area contributed by atoms with Crippen LogP contribution in [0.1, 0.15) is 30.9 Å². The molecule has 88 valence electrons. The monoisotopic (exact) mass is 218 g/mol. The molecule has 2 nitrogen and oxygen atoms in total. The molecular weight excluding hydrogens is 196 g/mol. The van der Waals surface area contributed by atoms with Gasteiger partial charge >= 0.3 is 0 Å². The van der Waals surface area contributed by atoms with Gasteiger partial charge in [0.25, 0.3) is 0 Å². The van der Waals surface area contributed by atoms with Crippen molar-refractivity contribution < 1.29 is 0 Å². The zero-order valence-corrected chi connectivity index (χ0v) is 10.2. The van der Waals surface area contributed by atoms with Crippen molar-refractivity contribution in [2.75, 3.05) is 19.6 Å². The van der Waals surface area contributed by atoms with Gasteiger partial charge in [-0.25, -0.2) is 0 Å². The van der Waals surface area contributed by atoms with E-state index in [1.807, 2.05) is 0 Å². The molecule has 0 aliphatic carbocycles. The van der Waals surface area contributed by atoms with Crippen molar-refractivity contribution in [3.8, 4) is 0 Å². The van der Waals surface area contributed by atoms with Crippen LogP contribution in [0.25, 0.3) is 0 Å². The number of hydrogen-bond donors (Lipinski definition) is 1. The molecule has 1 aromatic rings. The third kappa shape index (κ3) is 3.06. The largest absolute Gasteiger partial charge is 0.313 e. The Kier molecular flexibility index (Phi) is 4.37. The fourth-order valence-corrected chi connectivity index (χ4v) is 2.33. The highest BCUT2D eigenvalue weighted by molar-refractivity contribution is 5.27. The first kappa shape index (κ1) is 11.6. The van der Waals surface area contributed by atoms with Crippen LogP contribution < -0.4 is 5.32 Å². The molecule has 0 bridgehead atoms. The van der Waals surface area contributed by atoms with Gasteiger partial charge in [-0.3, -0.25) is 4.90 Å². The predicted octanol–water partition coefficient (Wildman–Crippen LogP) is 2.39. The highest BCUT2D eigenvalue weighted by Gasteiger charge is 2.12. The summed E-state index contributed by atoms with van der Waals surface area (Å²) >= 11 is 0. The minimum atomic E-state index is 1.00. The van der Waals surface area contributed by atoms with Gasteiger partial charge in [0.05, 0.1) is 0 Å². The smallest absolute Gasteiger partial charge is 0.0236 e. The van der Waals surface area contributed by atoms with E-state index in [9.17, 15) is 0 Å². The molecule has 1 saturated heterocycles. The fraction of sp³-hybridized carbons (Fsp3) is 0.571. The molecule has 1 aromatic carbocycles. The Morgan fingerprint density at radius 1 is 1.12 bits per heavy atom. The van der Waals surface area contributed by atoms with E-state index in [4.69, 9.17) is 0 Å². The Morgan fingerprint density at radius 3 is 2.50 bits per heavy atom. The minimum Gasteiger partial charge on any atom is -0.313 e. The van der Waals surface area contributed by atoms with E-state index < -0.39 is 0 Å². The summed E-state index contributed by atoms with van der Waals surface area (Å²) in [4.78, 5) is 2.56. The molecule has 2 rings (SSSR count). The molecule has 0 aromatic heterocycles. The topological polar surface area (TPSA) is 15.3 Å². The molecule has 1 aliphatic rings. The van der Waals surface area contributed by atoms with Gasteiger partial charge in [-0.1, -0.05) is 31.2 Å². The van der Waals surface area contributed by atoms with Crippen molar-refractivity contribution in [1.82, 2.24) is 10.2 Å². The van der Waals surface area contributed by atoms with Gasteiger partial charge in [-0.2, -0.15) is 0 Å². The lowest BCUT2D eigenvalue weighted by molar-refractivity contribution is 0.330. The SMILES string of the molecule is CCNCc1ccccc1CN1CCCC1. The van der Waals surface area contributed by atoms with Crippen LogP contribution in [0, 0.1) is 0 Å². The standard InChI is InChI=1S/C14H22N2/c1-2-15-11-13-7-3-4-8-14(13)12-16-9-5-6-10-16/h3-4,7-8,15H,2,5-6,9-12H2,1H3. The number of nitrogens with one attached hydrogen (secondary N) is 1. The summed E-state index contributed by atoms with van der Waals surface area (Å²) in [6.45, 7) is 7.87. The Bertz CT molecular complexity index is 316. The van der Waals surface area contributed by atoms with Crippen LogP contribution in [-0.2, 0) is 13.1 Å². The molecule has 0 atom stereocenters. The lowest BCUT2D eigenvalue weighted by Gasteiger charge is -2.17. The van der Waals surface area contributed by atoms with Crippen LogP contribution in [0.15, 0.2) is 24.3 Å². The molecule has 16 heavy (non-hydrogen) atoms. The summed E-state index contributed by atoms with van der Waals surface area (Å²) in [6, 6.07) is 8.81. The molecule has 1 N–H and O–H groups in total. The Balaban J connectivity index is 2.00. The summed E-state index contributed by atoms with van der Waals surface area (Å²) < 4.78 is 0. The first-order chi connectivity index (χ1) is 7.90. The Morgan fingerprint density at radius 2 is 1.81 bits per heavy atom. The second-order valence-electron chi connectivity index (χ2n) is 4.53. The molecule has 0 saturated carbocycles. The first-order valence-electron chi connectivity index (χ1n) is 6.40. The molecule has 1 heterocycles. The summed E-state index contributed by atoms with van der Waals surface area (Å²) in [5.41, 5.74) is 2.95. The third-order valence-electron chi connectivity index (χ3n) is 3.28. The molecule has 0 unspecified atom stereocenters. The van der Waals surface area contributed by atoms with Crippen LogP contribution >= 0.6 is 0 Å². The zero-order chi connectivity index (χ0) is 11.2. The molecule has 0 amide bonds. The number of likely N-dealkylation sites (tertiary alicyclic amines) is 1. The van der Waals surface area contributed by atoms with E-state index in [2.05, 4.69) is 41.4 Å². The Hall–Kier alpha value is -0.860. The van der Waals surface area contributed by atoms with Crippen molar-refractivity contribution in [3.05, 3.63) is 35.4 Å². The van der Waals surface area contributed by atoms with Gasteiger partial charge in [0.15, 0.2) is 0 Å². The van der Waals surface area contributed by atoms with Gasteiger partial charge in [0.2, 0.25) is 0 Å². The summed E-state index contributed by atoms with van der Waals surface area (Å²) in [7, 11) is 0. The summed E-state index contributed by atoms with van der Waals surface area (Å²) in [6.07, 6.45) is 2.74. The van der Waals surface area contributed by atoms with E-state index in [-0.39, 0.29) is 0 Å². The maximum atomic E-state index is 3.41. The average molecular weight is 218 g/mol. The Labute approximate surface area is 98.7 Å². The number of benzene rings is 1. The van der Waals surface area contributed by atoms with Gasteiger partial charge in [0.1, 0.15) is 0 Å². The van der Waals surface area contributed by atoms with E-state index in [1.54, 1.807) is 0 Å². The van der Waals surface area contributed by atoms with E-state index in [0.717, 1.165) is 19.6 Å². The number of rotatable bonds is 5. The molecule has 2 heteroatoms. The van der Waals surface area contributed by atoms with Crippen molar-refractivity contribution in [2.45, 2.75) is 32.9 Å². The summed E-state index contributed by atoms with van der Waals surface area (Å²) in [5.74, 6) is 0. The van der Waals surface area contributed by atoms with Crippen molar-refractivity contribution in [1.29, 1.82) is 0 Å². The maximum Gasteiger partial charge on any atom is 0.0236 e. The minimum absolute atomic E-state index is 1.00. The van der Waals surface area contributed by atoms with Crippen LogP contribution in [0.5, 0.6) is 0 Å². The number of nitrogens with zero attached hydrogens (tertiary/aromatic N) is 1. The van der Waals surface area contributed by atoms with E-state index >= 15 is 0 Å². The van der Waals surface area contributed by atoms with Gasteiger partial charge in [-0.15, -0.1) is 0 Å². The van der Waals surface area contributed by atoms with Gasteiger partial charge < -0.3 is 5.32 Å². The second-order valence-corrected chi connectivity index (χ2v) is 4.53. The molecule has 0 radical (unpaired) electrons. The highest BCUT2D eigenvalue weighted by atomic mass is 15.1. The average Bonchev–Trinajstić information content (AvgIpc) is 2.81. The second kappa shape index (κ2) is 6.02. The first-order valence-corrected chi connectivity index (χ1v) is 6.40. The lowest BCUT2D eigenvalue weighted by Crippen LogP contribution is -2.21. The zero-order valence-electron chi connectivity index (χ0n) is 10.2. The molecular formula is C14H22N2. The van der Waals surface area contributed by atoms with E-state index in [1.165, 1.54) is 37.1 Å². The normalized spacial score (nSPS) is 16.8. The van der Waals surface area contributed by atoms with E-state index in [0.29, 0.717) is 0 Å². The number of hydrogen-bond acceptors (Lipinski definition) is 2. The van der Waals surface area contributed by atoms with Crippen LogP contribution in [0.4, 0.5) is 0 Å². The van der Waals surface area contributed by atoms with Crippen molar-refractivity contribution in [2.24, 2.45) is 0 Å². The van der Waals surface area contributed by atoms with Gasteiger partial charge in [0, 0.05) is 13.1 Å². The van der Waals surface area contributed by atoms with Crippen molar-refractivity contribution >= 4 is 0 Å². The van der Waals surface area contributed by atoms with Crippen LogP contribution in [-0.4, -0.2) is 24.5 Å². The summed E-state index contributed by atoms with van der Waals surface area (Å²) in [5, 5.41) is 3.41. The molecule has 1 aliphatic heterocycles.